The SMILES string of the molecule is COc1cc(C)c([C@@H](C)NC(=O)c2ccccc2Cl)cc1C(C)C. The molecular formula is C20H24ClNO2. The highest BCUT2D eigenvalue weighted by Gasteiger charge is 2.18. The summed E-state index contributed by atoms with van der Waals surface area (Å²) in [5.74, 6) is 1.05. The number of ether oxygens (including phenoxy) is 1. The predicted molar refractivity (Wildman–Crippen MR) is 99.2 cm³/mol. The van der Waals surface area contributed by atoms with E-state index < -0.39 is 0 Å². The number of carbonyl (C=O) groups excluding carboxylic acids is 1. The van der Waals surface area contributed by atoms with Gasteiger partial charge in [-0.25, -0.2) is 0 Å². The van der Waals surface area contributed by atoms with Crippen molar-refractivity contribution in [3.8, 4) is 5.75 Å². The van der Waals surface area contributed by atoms with Crippen LogP contribution < -0.4 is 10.1 Å². The van der Waals surface area contributed by atoms with Crippen LogP contribution in [0.5, 0.6) is 5.75 Å². The summed E-state index contributed by atoms with van der Waals surface area (Å²) < 4.78 is 5.48. The van der Waals surface area contributed by atoms with Gasteiger partial charge in [0.15, 0.2) is 0 Å². The van der Waals surface area contributed by atoms with Crippen molar-refractivity contribution in [3.05, 3.63) is 63.7 Å². The van der Waals surface area contributed by atoms with Crippen molar-refractivity contribution in [2.24, 2.45) is 0 Å². The van der Waals surface area contributed by atoms with Gasteiger partial charge in [-0.2, -0.15) is 0 Å². The first-order valence-corrected chi connectivity index (χ1v) is 8.46. The van der Waals surface area contributed by atoms with Crippen LogP contribution in [-0.2, 0) is 0 Å². The third-order valence-corrected chi connectivity index (χ3v) is 4.50. The molecule has 1 atom stereocenters. The second-order valence-corrected chi connectivity index (χ2v) is 6.69. The molecule has 0 aliphatic rings. The molecule has 4 heteroatoms. The van der Waals surface area contributed by atoms with Gasteiger partial charge in [0.25, 0.3) is 5.91 Å². The van der Waals surface area contributed by atoms with Crippen LogP contribution in [0.2, 0.25) is 5.02 Å². The maximum atomic E-state index is 12.5. The minimum absolute atomic E-state index is 0.128. The minimum Gasteiger partial charge on any atom is -0.496 e. The van der Waals surface area contributed by atoms with E-state index >= 15 is 0 Å². The molecule has 2 rings (SSSR count). The zero-order chi connectivity index (χ0) is 17.9. The summed E-state index contributed by atoms with van der Waals surface area (Å²) in [6.45, 7) is 8.27. The molecule has 0 saturated heterocycles. The second kappa shape index (κ2) is 7.71. The lowest BCUT2D eigenvalue weighted by Crippen LogP contribution is -2.27. The van der Waals surface area contributed by atoms with Crippen molar-refractivity contribution in [2.75, 3.05) is 7.11 Å². The molecule has 0 radical (unpaired) electrons. The number of hydrogen-bond acceptors (Lipinski definition) is 2. The molecule has 128 valence electrons. The summed E-state index contributed by atoms with van der Waals surface area (Å²) in [6.07, 6.45) is 0. The molecule has 0 spiro atoms. The smallest absolute Gasteiger partial charge is 0.253 e. The van der Waals surface area contributed by atoms with Crippen molar-refractivity contribution >= 4 is 17.5 Å². The number of nitrogens with one attached hydrogen (secondary N) is 1. The van der Waals surface area contributed by atoms with Gasteiger partial charge in [-0.05, 0) is 60.7 Å². The molecule has 0 fully saturated rings. The summed E-state index contributed by atoms with van der Waals surface area (Å²) in [5, 5.41) is 3.49. The van der Waals surface area contributed by atoms with E-state index in [2.05, 4.69) is 25.2 Å². The molecule has 0 saturated carbocycles. The Hall–Kier alpha value is -2.00. The standard InChI is InChI=1S/C20H24ClNO2/c1-12(2)16-11-17(13(3)10-19(16)24-5)14(4)22-20(23)15-8-6-7-9-18(15)21/h6-12,14H,1-5H3,(H,22,23)/t14-/m1/s1. The van der Waals surface area contributed by atoms with Gasteiger partial charge in [0.05, 0.1) is 23.7 Å². The van der Waals surface area contributed by atoms with Gasteiger partial charge >= 0.3 is 0 Å². The van der Waals surface area contributed by atoms with Crippen molar-refractivity contribution in [1.82, 2.24) is 5.32 Å². The molecule has 2 aromatic carbocycles. The molecular weight excluding hydrogens is 322 g/mol. The number of benzene rings is 2. The molecule has 2 aromatic rings. The van der Waals surface area contributed by atoms with E-state index in [0.717, 1.165) is 22.4 Å². The minimum atomic E-state index is -0.172. The lowest BCUT2D eigenvalue weighted by Gasteiger charge is -2.21. The quantitative estimate of drug-likeness (QED) is 0.801. The van der Waals surface area contributed by atoms with Gasteiger partial charge < -0.3 is 10.1 Å². The fourth-order valence-corrected chi connectivity index (χ4v) is 3.03. The van der Waals surface area contributed by atoms with Crippen LogP contribution in [0, 0.1) is 6.92 Å². The largest absolute Gasteiger partial charge is 0.496 e. The number of amides is 1. The first kappa shape index (κ1) is 18.3. The Kier molecular flexibility index (Phi) is 5.89. The van der Waals surface area contributed by atoms with E-state index in [4.69, 9.17) is 16.3 Å². The summed E-state index contributed by atoms with van der Waals surface area (Å²) in [5.41, 5.74) is 3.79. The summed E-state index contributed by atoms with van der Waals surface area (Å²) in [7, 11) is 1.68. The fourth-order valence-electron chi connectivity index (χ4n) is 2.81. The highest BCUT2D eigenvalue weighted by molar-refractivity contribution is 6.33. The Bertz CT molecular complexity index is 740. The monoisotopic (exact) mass is 345 g/mol. The lowest BCUT2D eigenvalue weighted by atomic mass is 9.93. The van der Waals surface area contributed by atoms with Crippen LogP contribution in [0.1, 0.15) is 59.8 Å². The Morgan fingerprint density at radius 1 is 1.12 bits per heavy atom. The number of carbonyl (C=O) groups is 1. The maximum absolute atomic E-state index is 12.5. The maximum Gasteiger partial charge on any atom is 0.253 e. The van der Waals surface area contributed by atoms with Crippen LogP contribution in [0.3, 0.4) is 0 Å². The Morgan fingerprint density at radius 3 is 2.38 bits per heavy atom. The van der Waals surface area contributed by atoms with Crippen LogP contribution >= 0.6 is 11.6 Å². The van der Waals surface area contributed by atoms with Crippen LogP contribution in [0.4, 0.5) is 0 Å². The van der Waals surface area contributed by atoms with Crippen molar-refractivity contribution in [1.29, 1.82) is 0 Å². The number of hydrogen-bond donors (Lipinski definition) is 1. The molecule has 0 unspecified atom stereocenters. The number of aryl methyl sites for hydroxylation is 1. The average Bonchev–Trinajstić information content (AvgIpc) is 2.54. The van der Waals surface area contributed by atoms with Crippen LogP contribution in [0.15, 0.2) is 36.4 Å². The molecule has 3 nitrogen and oxygen atoms in total. The van der Waals surface area contributed by atoms with Gasteiger partial charge in [0.2, 0.25) is 0 Å². The topological polar surface area (TPSA) is 38.3 Å². The first-order valence-electron chi connectivity index (χ1n) is 8.09. The van der Waals surface area contributed by atoms with E-state index in [-0.39, 0.29) is 11.9 Å². The second-order valence-electron chi connectivity index (χ2n) is 6.28. The van der Waals surface area contributed by atoms with Gasteiger partial charge in [-0.1, -0.05) is 37.6 Å². The molecule has 1 amide bonds. The predicted octanol–water partition coefficient (Wildman–Crippen LogP) is 5.27. The van der Waals surface area contributed by atoms with Crippen LogP contribution in [0.25, 0.3) is 0 Å². The number of halogens is 1. The van der Waals surface area contributed by atoms with Gasteiger partial charge in [-0.15, -0.1) is 0 Å². The van der Waals surface area contributed by atoms with Gasteiger partial charge in [-0.3, -0.25) is 4.79 Å². The Labute approximate surface area is 149 Å². The average molecular weight is 346 g/mol. The van der Waals surface area contributed by atoms with Crippen LogP contribution in [-0.4, -0.2) is 13.0 Å². The molecule has 0 aliphatic heterocycles. The van der Waals surface area contributed by atoms with E-state index in [9.17, 15) is 4.79 Å². The van der Waals surface area contributed by atoms with Gasteiger partial charge in [0, 0.05) is 0 Å². The van der Waals surface area contributed by atoms with E-state index in [0.29, 0.717) is 16.5 Å². The number of methoxy groups -OCH3 is 1. The molecule has 1 N–H and O–H groups in total. The first-order chi connectivity index (χ1) is 11.3. The van der Waals surface area contributed by atoms with Crippen molar-refractivity contribution in [3.63, 3.8) is 0 Å². The zero-order valence-corrected chi connectivity index (χ0v) is 15.6. The van der Waals surface area contributed by atoms with Gasteiger partial charge in [0.1, 0.15) is 5.75 Å². The summed E-state index contributed by atoms with van der Waals surface area (Å²) >= 11 is 6.11. The summed E-state index contributed by atoms with van der Waals surface area (Å²) in [6, 6.07) is 11.1. The molecule has 0 aliphatic carbocycles. The van der Waals surface area contributed by atoms with E-state index in [1.807, 2.05) is 26.0 Å². The highest BCUT2D eigenvalue weighted by atomic mass is 35.5. The molecule has 0 bridgehead atoms. The third kappa shape index (κ3) is 3.90. The molecule has 0 aromatic heterocycles. The molecule has 0 heterocycles. The number of rotatable bonds is 5. The fraction of sp³-hybridized carbons (Fsp3) is 0.350. The lowest BCUT2D eigenvalue weighted by molar-refractivity contribution is 0.0940. The zero-order valence-electron chi connectivity index (χ0n) is 14.8. The third-order valence-electron chi connectivity index (χ3n) is 4.17. The summed E-state index contributed by atoms with van der Waals surface area (Å²) in [4.78, 5) is 12.5. The Morgan fingerprint density at radius 2 is 1.79 bits per heavy atom. The highest BCUT2D eigenvalue weighted by Crippen LogP contribution is 2.32. The van der Waals surface area contributed by atoms with Crippen molar-refractivity contribution < 1.29 is 9.53 Å². The van der Waals surface area contributed by atoms with Crippen molar-refractivity contribution in [2.45, 2.75) is 39.7 Å². The Balaban J connectivity index is 2.29. The van der Waals surface area contributed by atoms with E-state index in [1.54, 1.807) is 25.3 Å². The van der Waals surface area contributed by atoms with E-state index in [1.165, 1.54) is 0 Å². The normalized spacial score (nSPS) is 12.1. The molecule has 24 heavy (non-hydrogen) atoms.